The SMILES string of the molecule is CC(C(C)(C)C)C(C)(C)C.CC(C)(C)C(C)(C)C(C)(C)C.CC(C)C1CCCC1.CC1(C)CCCCC1.CC1C2CCC1CC2.CC1CCC(C)CC1.CC1CCCC[C@H]1C.CC1CCC[C@@H](C)C1.CCC1(C)CCCC1.CCC1(C)CCCC1.CCC1CCCCC1.CCCC1CCCC1.C[C@H]1CC2CCC1C2. The topological polar surface area (TPSA) is 0 Å². The van der Waals surface area contributed by atoms with Gasteiger partial charge in [-0.1, -0.05) is 466 Å². The summed E-state index contributed by atoms with van der Waals surface area (Å²) in [6, 6.07) is 0. The average molecular weight is 1530 g/mol. The van der Waals surface area contributed by atoms with Gasteiger partial charge in [-0.2, -0.15) is 0 Å². The number of hydrogen-bond donors (Lipinski definition) is 0. The fraction of sp³-hybridized carbons (Fsp3) is 1.00. The lowest BCUT2D eigenvalue weighted by Crippen LogP contribution is -2.41. The molecule has 13 aliphatic carbocycles. The third kappa shape index (κ3) is 46.8. The van der Waals surface area contributed by atoms with Gasteiger partial charge >= 0.3 is 0 Å². The second kappa shape index (κ2) is 55.0. The van der Waals surface area contributed by atoms with Crippen LogP contribution in [0.25, 0.3) is 0 Å². The van der Waals surface area contributed by atoms with Crippen LogP contribution in [0.3, 0.4) is 0 Å². The normalized spacial score (nSPS) is 30.3. The van der Waals surface area contributed by atoms with Crippen molar-refractivity contribution in [1.82, 2.24) is 0 Å². The van der Waals surface area contributed by atoms with Crippen LogP contribution in [-0.4, -0.2) is 0 Å². The van der Waals surface area contributed by atoms with Gasteiger partial charge in [0, 0.05) is 0 Å². The van der Waals surface area contributed by atoms with E-state index in [1.165, 1.54) is 276 Å². The molecule has 4 bridgehead atoms. The van der Waals surface area contributed by atoms with Crippen LogP contribution >= 0.6 is 0 Å². The Bertz CT molecular complexity index is 1960. The maximum absolute atomic E-state index is 2.44. The molecular weight excluding hydrogens is 1310 g/mol. The largest absolute Gasteiger partial charge is 0.0654 e. The van der Waals surface area contributed by atoms with Gasteiger partial charge in [0.05, 0.1) is 0 Å². The quantitative estimate of drug-likeness (QED) is 0.249. The zero-order chi connectivity index (χ0) is 82.9. The first-order valence-corrected chi connectivity index (χ1v) is 50.7. The van der Waals surface area contributed by atoms with Crippen LogP contribution in [-0.2, 0) is 0 Å². The van der Waals surface area contributed by atoms with Crippen LogP contribution in [0.15, 0.2) is 0 Å². The van der Waals surface area contributed by atoms with Crippen LogP contribution < -0.4 is 0 Å². The van der Waals surface area contributed by atoms with E-state index in [0.717, 1.165) is 111 Å². The van der Waals surface area contributed by atoms with Crippen LogP contribution in [0.1, 0.15) is 556 Å². The highest BCUT2D eigenvalue weighted by molar-refractivity contribution is 4.92. The van der Waals surface area contributed by atoms with E-state index in [1.54, 1.807) is 51.4 Å². The van der Waals surface area contributed by atoms with Gasteiger partial charge in [0.1, 0.15) is 0 Å². The molecule has 109 heavy (non-hydrogen) atoms. The number of hydrogen-bond acceptors (Lipinski definition) is 0. The molecule has 4 unspecified atom stereocenters. The van der Waals surface area contributed by atoms with E-state index in [9.17, 15) is 0 Å². The average Bonchev–Trinajstić information content (AvgIpc) is 1.74. The highest BCUT2D eigenvalue weighted by Crippen LogP contribution is 2.52. The van der Waals surface area contributed by atoms with Crippen molar-refractivity contribution in [2.24, 2.45) is 144 Å². The van der Waals surface area contributed by atoms with Crippen LogP contribution in [0.2, 0.25) is 0 Å². The Morgan fingerprint density at radius 3 is 0.862 bits per heavy atom. The molecule has 13 rings (SSSR count). The van der Waals surface area contributed by atoms with Crippen molar-refractivity contribution in [3.8, 4) is 0 Å². The summed E-state index contributed by atoms with van der Waals surface area (Å²) in [5.74, 6) is 17.8. The molecule has 13 saturated carbocycles. The molecular formula is C109H218. The molecule has 0 saturated heterocycles. The molecule has 0 heteroatoms. The van der Waals surface area contributed by atoms with E-state index in [0.29, 0.717) is 32.5 Å². The van der Waals surface area contributed by atoms with Gasteiger partial charge in [-0.25, -0.2) is 0 Å². The predicted molar refractivity (Wildman–Crippen MR) is 502 cm³/mol. The van der Waals surface area contributed by atoms with Crippen molar-refractivity contribution in [2.45, 2.75) is 556 Å². The van der Waals surface area contributed by atoms with Crippen molar-refractivity contribution in [3.05, 3.63) is 0 Å². The summed E-state index contributed by atoms with van der Waals surface area (Å²) >= 11 is 0. The maximum Gasteiger partial charge on any atom is -0.0257 e. The molecule has 0 aromatic carbocycles. The molecule has 0 aliphatic heterocycles. The van der Waals surface area contributed by atoms with Gasteiger partial charge in [-0.05, 0) is 234 Å². The Kier molecular flexibility index (Phi) is 54.0. The Morgan fingerprint density at radius 1 is 0.312 bits per heavy atom. The lowest BCUT2D eigenvalue weighted by Gasteiger charge is -2.49. The lowest BCUT2D eigenvalue weighted by atomic mass is 9.56. The Morgan fingerprint density at radius 2 is 0.661 bits per heavy atom. The summed E-state index contributed by atoms with van der Waals surface area (Å²) in [7, 11) is 0. The molecule has 0 aromatic rings. The van der Waals surface area contributed by atoms with Crippen LogP contribution in [0.5, 0.6) is 0 Å². The van der Waals surface area contributed by atoms with Gasteiger partial charge < -0.3 is 0 Å². The second-order valence-corrected chi connectivity index (χ2v) is 48.4. The second-order valence-electron chi connectivity index (χ2n) is 48.4. The van der Waals surface area contributed by atoms with Gasteiger partial charge in [0.25, 0.3) is 0 Å². The first-order chi connectivity index (χ1) is 50.7. The monoisotopic (exact) mass is 1530 g/mol. The first kappa shape index (κ1) is 107. The molecule has 13 fully saturated rings. The zero-order valence-electron chi connectivity index (χ0n) is 82.9. The van der Waals surface area contributed by atoms with E-state index < -0.39 is 0 Å². The van der Waals surface area contributed by atoms with E-state index in [1.807, 2.05) is 0 Å². The minimum absolute atomic E-state index is 0.375. The van der Waals surface area contributed by atoms with Crippen molar-refractivity contribution < 1.29 is 0 Å². The van der Waals surface area contributed by atoms with Gasteiger partial charge in [-0.3, -0.25) is 0 Å². The summed E-state index contributed by atoms with van der Waals surface area (Å²) in [4.78, 5) is 0. The van der Waals surface area contributed by atoms with E-state index in [4.69, 9.17) is 0 Å². The predicted octanol–water partition coefficient (Wildman–Crippen LogP) is 38.9. The minimum Gasteiger partial charge on any atom is -0.0654 e. The van der Waals surface area contributed by atoms with Gasteiger partial charge in [0.15, 0.2) is 0 Å². The van der Waals surface area contributed by atoms with Gasteiger partial charge in [0.2, 0.25) is 0 Å². The Labute approximate surface area is 695 Å². The summed E-state index contributed by atoms with van der Waals surface area (Å²) in [6.45, 7) is 77.4. The maximum atomic E-state index is 2.44. The van der Waals surface area contributed by atoms with E-state index >= 15 is 0 Å². The molecule has 0 heterocycles. The number of fused-ring (bicyclic) bond motifs is 4. The van der Waals surface area contributed by atoms with Gasteiger partial charge in [-0.15, -0.1) is 0 Å². The summed E-state index contributed by atoms with van der Waals surface area (Å²) in [6.07, 6.45) is 75.8. The lowest BCUT2D eigenvalue weighted by molar-refractivity contribution is 0.00575. The fourth-order valence-corrected chi connectivity index (χ4v) is 21.8. The summed E-state index contributed by atoms with van der Waals surface area (Å²) < 4.78 is 0. The summed E-state index contributed by atoms with van der Waals surface area (Å²) in [5.41, 5.74) is 4.17. The molecule has 0 nitrogen and oxygen atoms in total. The standard InChI is InChI=1S/C11H24.C10H22.2C8H14.9C8H16/c1-9(2,3)11(7,8)10(4,5)6;1-8(9(2,3)4)10(5,6)7;1-6-4-7-2-3-8(6)5-7;1-6-7-2-3-8(6)5-4-7;1-7-3-5-8(2)6-4-7;1-7-4-3-5-8(2)6-7;1-8(2)6-4-3-5-7-8;1-7-5-3-4-6-8(7)2;1-7(2)8-5-3-4-6-8;2*1-3-8(2)6-4-5-7-8;1-2-8-6-4-3-5-7-8;1-2-5-8-6-3-4-7-8/h1-8H3;8H,1-7H3;2*6-8H,2-5H2,1H3;2*7-8H,3-6H2,1-2H3;3-7H2,1-2H3;2*7-8H,3-6H2,1-2H3;2*3-7H2,1-2H3;2*8H,2-7H2,1H3/t;;6-,7?,8?;;;7-,8?;;7-,8?;;;;;/m..0..1.1...../s1. The van der Waals surface area contributed by atoms with Crippen LogP contribution in [0, 0.1) is 144 Å². The van der Waals surface area contributed by atoms with Crippen molar-refractivity contribution in [1.29, 1.82) is 0 Å². The molecule has 0 N–H and O–H groups in total. The highest BCUT2D eigenvalue weighted by atomic mass is 14.5. The summed E-state index contributed by atoms with van der Waals surface area (Å²) in [5, 5.41) is 0. The molecule has 13 aliphatic rings. The first-order valence-electron chi connectivity index (χ1n) is 50.7. The molecule has 654 valence electrons. The zero-order valence-corrected chi connectivity index (χ0v) is 82.9. The Hall–Kier alpha value is 0. The van der Waals surface area contributed by atoms with E-state index in [2.05, 4.69) is 228 Å². The van der Waals surface area contributed by atoms with E-state index in [-0.39, 0.29) is 0 Å². The molecule has 0 aromatic heterocycles. The molecule has 0 radical (unpaired) electrons. The smallest absolute Gasteiger partial charge is 0.0257 e. The third-order valence-electron chi connectivity index (χ3n) is 34.1. The van der Waals surface area contributed by atoms with Crippen molar-refractivity contribution in [2.75, 3.05) is 0 Å². The highest BCUT2D eigenvalue weighted by Gasteiger charge is 2.43. The van der Waals surface area contributed by atoms with Crippen LogP contribution in [0.4, 0.5) is 0 Å². The van der Waals surface area contributed by atoms with Crippen molar-refractivity contribution >= 4 is 0 Å². The third-order valence-corrected chi connectivity index (χ3v) is 34.1. The molecule has 7 atom stereocenters. The minimum atomic E-state index is 0.375. The molecule has 0 spiro atoms. The fourth-order valence-electron chi connectivity index (χ4n) is 21.8. The van der Waals surface area contributed by atoms with Crippen molar-refractivity contribution in [3.63, 3.8) is 0 Å². The number of rotatable bonds is 6. The molecule has 0 amide bonds. The Balaban J connectivity index is 0.000000591.